The molecule has 0 saturated carbocycles. The number of primary amides is 1. The van der Waals surface area contributed by atoms with Gasteiger partial charge >= 0.3 is 0 Å². The maximum absolute atomic E-state index is 13.1. The molecule has 0 fully saturated rings. The number of aromatic nitrogens is 3. The van der Waals surface area contributed by atoms with Gasteiger partial charge in [0, 0.05) is 26.4 Å². The van der Waals surface area contributed by atoms with Crippen LogP contribution in [0, 0.1) is 0 Å². The Morgan fingerprint density at radius 2 is 1.88 bits per heavy atom. The molecule has 132 valence electrons. The summed E-state index contributed by atoms with van der Waals surface area (Å²) in [6, 6.07) is 9.54. The molecular formula is C18H17N5O3. The third kappa shape index (κ3) is 2.51. The fourth-order valence-electron chi connectivity index (χ4n) is 3.28. The smallest absolute Gasteiger partial charge is 0.273 e. The number of amides is 2. The standard InChI is InChI=1S/C18H17N5O3/c1-26-10-13-15(16(19)24)17-20-7-6-14(23(17)21-13)18(25)22-8-11-4-2-3-5-12(11)9-22/h2-7H,8-10H2,1H3,(H2,19,24). The monoisotopic (exact) mass is 351 g/mol. The summed E-state index contributed by atoms with van der Waals surface area (Å²) in [6.07, 6.45) is 1.48. The van der Waals surface area contributed by atoms with Crippen LogP contribution < -0.4 is 5.73 Å². The van der Waals surface area contributed by atoms with Crippen molar-refractivity contribution in [3.8, 4) is 0 Å². The first kappa shape index (κ1) is 16.2. The van der Waals surface area contributed by atoms with Gasteiger partial charge in [-0.25, -0.2) is 9.50 Å². The largest absolute Gasteiger partial charge is 0.378 e. The first-order chi connectivity index (χ1) is 12.6. The van der Waals surface area contributed by atoms with E-state index in [1.165, 1.54) is 17.8 Å². The molecule has 4 rings (SSSR count). The lowest BCUT2D eigenvalue weighted by molar-refractivity contribution is 0.0742. The van der Waals surface area contributed by atoms with Crippen molar-refractivity contribution in [2.45, 2.75) is 19.7 Å². The van der Waals surface area contributed by atoms with Crippen LogP contribution in [0.25, 0.3) is 5.65 Å². The number of methoxy groups -OCH3 is 1. The summed E-state index contributed by atoms with van der Waals surface area (Å²) < 4.78 is 6.46. The van der Waals surface area contributed by atoms with Gasteiger partial charge in [0.25, 0.3) is 11.8 Å². The summed E-state index contributed by atoms with van der Waals surface area (Å²) in [5.41, 5.74) is 8.85. The minimum atomic E-state index is -0.655. The molecule has 0 aliphatic carbocycles. The van der Waals surface area contributed by atoms with E-state index in [0.717, 1.165) is 11.1 Å². The number of nitrogens with zero attached hydrogens (tertiary/aromatic N) is 4. The predicted molar refractivity (Wildman–Crippen MR) is 92.2 cm³/mol. The number of benzene rings is 1. The number of rotatable bonds is 4. The van der Waals surface area contributed by atoms with Crippen molar-refractivity contribution < 1.29 is 14.3 Å². The molecule has 3 heterocycles. The van der Waals surface area contributed by atoms with E-state index in [2.05, 4.69) is 10.1 Å². The third-order valence-corrected chi connectivity index (χ3v) is 4.47. The average Bonchev–Trinajstić information content (AvgIpc) is 3.22. The zero-order valence-corrected chi connectivity index (χ0v) is 14.2. The maximum atomic E-state index is 13.1. The van der Waals surface area contributed by atoms with Gasteiger partial charge in [0.2, 0.25) is 0 Å². The van der Waals surface area contributed by atoms with Crippen molar-refractivity contribution in [1.29, 1.82) is 0 Å². The van der Waals surface area contributed by atoms with Crippen LogP contribution in [0.1, 0.15) is 37.7 Å². The van der Waals surface area contributed by atoms with Gasteiger partial charge in [-0.15, -0.1) is 0 Å². The van der Waals surface area contributed by atoms with Gasteiger partial charge in [0.05, 0.1) is 6.61 Å². The zero-order chi connectivity index (χ0) is 18.3. The normalized spacial score (nSPS) is 13.2. The highest BCUT2D eigenvalue weighted by atomic mass is 16.5. The van der Waals surface area contributed by atoms with Crippen LogP contribution in [0.2, 0.25) is 0 Å². The molecule has 0 unspecified atom stereocenters. The Hall–Kier alpha value is -3.26. The molecule has 8 nitrogen and oxygen atoms in total. The van der Waals surface area contributed by atoms with Gasteiger partial charge in [0.15, 0.2) is 5.65 Å². The number of carbonyl (C=O) groups excluding carboxylic acids is 2. The fraction of sp³-hybridized carbons (Fsp3) is 0.222. The number of nitrogens with two attached hydrogens (primary N) is 1. The highest BCUT2D eigenvalue weighted by molar-refractivity contribution is 6.01. The molecule has 0 spiro atoms. The molecule has 1 aliphatic heterocycles. The summed E-state index contributed by atoms with van der Waals surface area (Å²) in [7, 11) is 1.50. The van der Waals surface area contributed by atoms with Crippen molar-refractivity contribution >= 4 is 17.5 Å². The summed E-state index contributed by atoms with van der Waals surface area (Å²) in [4.78, 5) is 30.8. The lowest BCUT2D eigenvalue weighted by Gasteiger charge is -2.15. The molecule has 0 bridgehead atoms. The van der Waals surface area contributed by atoms with E-state index in [0.29, 0.717) is 24.5 Å². The van der Waals surface area contributed by atoms with Gasteiger partial charge in [0.1, 0.15) is 17.0 Å². The molecule has 2 amide bonds. The molecule has 1 aromatic carbocycles. The van der Waals surface area contributed by atoms with Crippen LogP contribution in [0.5, 0.6) is 0 Å². The summed E-state index contributed by atoms with van der Waals surface area (Å²) in [5, 5.41) is 4.35. The number of hydrogen-bond acceptors (Lipinski definition) is 5. The van der Waals surface area contributed by atoms with Crippen molar-refractivity contribution in [2.24, 2.45) is 5.73 Å². The molecular weight excluding hydrogens is 334 g/mol. The summed E-state index contributed by atoms with van der Waals surface area (Å²) >= 11 is 0. The highest BCUT2D eigenvalue weighted by Gasteiger charge is 2.28. The van der Waals surface area contributed by atoms with E-state index in [1.807, 2.05) is 24.3 Å². The minimum Gasteiger partial charge on any atom is -0.378 e. The third-order valence-electron chi connectivity index (χ3n) is 4.47. The van der Waals surface area contributed by atoms with Crippen LogP contribution in [-0.2, 0) is 24.4 Å². The van der Waals surface area contributed by atoms with Gasteiger partial charge in [-0.1, -0.05) is 24.3 Å². The van der Waals surface area contributed by atoms with Crippen molar-refractivity contribution in [3.05, 3.63) is 64.6 Å². The molecule has 0 radical (unpaired) electrons. The molecule has 1 aliphatic rings. The quantitative estimate of drug-likeness (QED) is 0.759. The first-order valence-corrected chi connectivity index (χ1v) is 8.11. The Balaban J connectivity index is 1.76. The molecule has 0 atom stereocenters. The van der Waals surface area contributed by atoms with E-state index >= 15 is 0 Å². The van der Waals surface area contributed by atoms with Gasteiger partial charge in [-0.05, 0) is 17.2 Å². The molecule has 8 heteroatoms. The van der Waals surface area contributed by atoms with Crippen LogP contribution in [0.15, 0.2) is 36.5 Å². The number of hydrogen-bond donors (Lipinski definition) is 1. The second-order valence-corrected chi connectivity index (χ2v) is 6.11. The Kier molecular flexibility index (Phi) is 3.89. The number of fused-ring (bicyclic) bond motifs is 2. The summed E-state index contributed by atoms with van der Waals surface area (Å²) in [5.74, 6) is -0.839. The van der Waals surface area contributed by atoms with E-state index < -0.39 is 5.91 Å². The fourth-order valence-corrected chi connectivity index (χ4v) is 3.28. The second kappa shape index (κ2) is 6.23. The Morgan fingerprint density at radius 3 is 2.50 bits per heavy atom. The van der Waals surface area contributed by atoms with Crippen molar-refractivity contribution in [2.75, 3.05) is 7.11 Å². The maximum Gasteiger partial charge on any atom is 0.273 e. The van der Waals surface area contributed by atoms with E-state index in [9.17, 15) is 9.59 Å². The first-order valence-electron chi connectivity index (χ1n) is 8.11. The van der Waals surface area contributed by atoms with E-state index in [-0.39, 0.29) is 23.7 Å². The lowest BCUT2D eigenvalue weighted by atomic mass is 10.1. The van der Waals surface area contributed by atoms with Crippen LogP contribution >= 0.6 is 0 Å². The molecule has 26 heavy (non-hydrogen) atoms. The lowest BCUT2D eigenvalue weighted by Crippen LogP contribution is -2.27. The van der Waals surface area contributed by atoms with E-state index in [1.54, 1.807) is 11.0 Å². The summed E-state index contributed by atoms with van der Waals surface area (Å²) in [6.45, 7) is 1.17. The highest BCUT2D eigenvalue weighted by Crippen LogP contribution is 2.24. The van der Waals surface area contributed by atoms with Crippen molar-refractivity contribution in [1.82, 2.24) is 19.5 Å². The predicted octanol–water partition coefficient (Wildman–Crippen LogP) is 1.13. The van der Waals surface area contributed by atoms with Crippen LogP contribution in [0.3, 0.4) is 0 Å². The van der Waals surface area contributed by atoms with E-state index in [4.69, 9.17) is 10.5 Å². The Bertz CT molecular complexity index is 1000. The topological polar surface area (TPSA) is 103 Å². The average molecular weight is 351 g/mol. The van der Waals surface area contributed by atoms with Crippen LogP contribution in [-0.4, -0.2) is 38.4 Å². The SMILES string of the molecule is COCc1nn2c(C(=O)N3Cc4ccccc4C3)ccnc2c1C(N)=O. The Labute approximate surface area is 149 Å². The number of ether oxygens (including phenoxy) is 1. The van der Waals surface area contributed by atoms with Crippen molar-refractivity contribution in [3.63, 3.8) is 0 Å². The van der Waals surface area contributed by atoms with Gasteiger partial charge < -0.3 is 15.4 Å². The van der Waals surface area contributed by atoms with Gasteiger partial charge in [-0.2, -0.15) is 5.10 Å². The zero-order valence-electron chi connectivity index (χ0n) is 14.2. The second-order valence-electron chi connectivity index (χ2n) is 6.11. The molecule has 2 N–H and O–H groups in total. The van der Waals surface area contributed by atoms with Gasteiger partial charge in [-0.3, -0.25) is 9.59 Å². The molecule has 0 saturated heterocycles. The Morgan fingerprint density at radius 1 is 1.19 bits per heavy atom. The van der Waals surface area contributed by atoms with Crippen LogP contribution in [0.4, 0.5) is 0 Å². The molecule has 2 aromatic heterocycles. The number of carbonyl (C=O) groups is 2. The minimum absolute atomic E-state index is 0.102. The molecule has 3 aromatic rings.